The SMILES string of the molecule is CCC(C)(C(Cc1ccn(C)n1)NN)N1CCCC1. The average molecular weight is 265 g/mol. The second-order valence-corrected chi connectivity index (χ2v) is 5.81. The topological polar surface area (TPSA) is 59.1 Å². The predicted octanol–water partition coefficient (Wildman–Crippen LogP) is 1.06. The lowest BCUT2D eigenvalue weighted by Crippen LogP contribution is -2.61. The molecule has 2 heterocycles. The summed E-state index contributed by atoms with van der Waals surface area (Å²) in [5.41, 5.74) is 4.24. The summed E-state index contributed by atoms with van der Waals surface area (Å²) in [5, 5.41) is 4.48. The maximum Gasteiger partial charge on any atom is 0.0641 e. The Balaban J connectivity index is 2.13. The molecule has 0 saturated carbocycles. The number of nitrogens with one attached hydrogen (secondary N) is 1. The molecular formula is C14H27N5. The molecule has 1 aromatic rings. The number of hydrogen-bond acceptors (Lipinski definition) is 4. The van der Waals surface area contributed by atoms with Crippen molar-refractivity contribution in [3.05, 3.63) is 18.0 Å². The van der Waals surface area contributed by atoms with E-state index < -0.39 is 0 Å². The molecule has 0 aliphatic carbocycles. The van der Waals surface area contributed by atoms with Crippen LogP contribution in [0.2, 0.25) is 0 Å². The quantitative estimate of drug-likeness (QED) is 0.596. The van der Waals surface area contributed by atoms with E-state index in [1.807, 2.05) is 17.9 Å². The van der Waals surface area contributed by atoms with E-state index >= 15 is 0 Å². The van der Waals surface area contributed by atoms with Crippen molar-refractivity contribution in [2.24, 2.45) is 12.9 Å². The zero-order valence-electron chi connectivity index (χ0n) is 12.4. The van der Waals surface area contributed by atoms with Crippen molar-refractivity contribution in [3.63, 3.8) is 0 Å². The van der Waals surface area contributed by atoms with Crippen molar-refractivity contribution in [2.45, 2.75) is 51.1 Å². The summed E-state index contributed by atoms with van der Waals surface area (Å²) >= 11 is 0. The van der Waals surface area contributed by atoms with Crippen LogP contribution in [0.15, 0.2) is 12.3 Å². The van der Waals surface area contributed by atoms with Crippen molar-refractivity contribution < 1.29 is 0 Å². The number of aryl methyl sites for hydroxylation is 1. The van der Waals surface area contributed by atoms with Gasteiger partial charge in [0.2, 0.25) is 0 Å². The Morgan fingerprint density at radius 1 is 1.47 bits per heavy atom. The van der Waals surface area contributed by atoms with E-state index in [0.29, 0.717) is 0 Å². The summed E-state index contributed by atoms with van der Waals surface area (Å²) in [6.45, 7) is 6.95. The van der Waals surface area contributed by atoms with Crippen LogP contribution in [0.25, 0.3) is 0 Å². The minimum Gasteiger partial charge on any atom is -0.296 e. The number of likely N-dealkylation sites (tertiary alicyclic amines) is 1. The van der Waals surface area contributed by atoms with Crippen LogP contribution >= 0.6 is 0 Å². The first-order valence-electron chi connectivity index (χ1n) is 7.30. The molecule has 2 unspecified atom stereocenters. The summed E-state index contributed by atoms with van der Waals surface area (Å²) < 4.78 is 1.85. The van der Waals surface area contributed by atoms with E-state index in [0.717, 1.165) is 18.5 Å². The molecule has 19 heavy (non-hydrogen) atoms. The maximum absolute atomic E-state index is 5.85. The molecule has 0 radical (unpaired) electrons. The smallest absolute Gasteiger partial charge is 0.0641 e. The minimum atomic E-state index is 0.1000. The molecule has 0 spiro atoms. The van der Waals surface area contributed by atoms with Gasteiger partial charge in [0.05, 0.1) is 5.69 Å². The number of hydrazine groups is 1. The van der Waals surface area contributed by atoms with Crippen LogP contribution < -0.4 is 11.3 Å². The van der Waals surface area contributed by atoms with Crippen molar-refractivity contribution in [3.8, 4) is 0 Å². The fourth-order valence-corrected chi connectivity index (χ4v) is 3.16. The minimum absolute atomic E-state index is 0.1000. The molecule has 1 aliphatic rings. The zero-order chi connectivity index (χ0) is 13.9. The van der Waals surface area contributed by atoms with Gasteiger partial charge in [0, 0.05) is 31.2 Å². The molecule has 1 aromatic heterocycles. The van der Waals surface area contributed by atoms with Crippen LogP contribution in [-0.2, 0) is 13.5 Å². The van der Waals surface area contributed by atoms with Crippen molar-refractivity contribution in [1.82, 2.24) is 20.1 Å². The van der Waals surface area contributed by atoms with Gasteiger partial charge in [-0.3, -0.25) is 20.9 Å². The van der Waals surface area contributed by atoms with Crippen LogP contribution in [0.3, 0.4) is 0 Å². The molecule has 2 atom stereocenters. The Kier molecular flexibility index (Phi) is 4.60. The van der Waals surface area contributed by atoms with Crippen molar-refractivity contribution in [1.29, 1.82) is 0 Å². The monoisotopic (exact) mass is 265 g/mol. The summed E-state index contributed by atoms with van der Waals surface area (Å²) in [6, 6.07) is 2.30. The highest BCUT2D eigenvalue weighted by molar-refractivity contribution is 5.07. The van der Waals surface area contributed by atoms with Gasteiger partial charge in [-0.15, -0.1) is 0 Å². The van der Waals surface area contributed by atoms with Crippen molar-refractivity contribution in [2.75, 3.05) is 13.1 Å². The van der Waals surface area contributed by atoms with E-state index in [2.05, 4.69) is 35.3 Å². The number of hydrogen-bond donors (Lipinski definition) is 2. The van der Waals surface area contributed by atoms with Crippen LogP contribution in [0, 0.1) is 0 Å². The van der Waals surface area contributed by atoms with Crippen molar-refractivity contribution >= 4 is 0 Å². The van der Waals surface area contributed by atoms with Gasteiger partial charge in [-0.25, -0.2) is 0 Å². The van der Waals surface area contributed by atoms with Gasteiger partial charge in [0.25, 0.3) is 0 Å². The molecule has 5 nitrogen and oxygen atoms in total. The van der Waals surface area contributed by atoms with Crippen LogP contribution in [0.5, 0.6) is 0 Å². The Labute approximate surface area is 116 Å². The van der Waals surface area contributed by atoms with E-state index in [1.54, 1.807) is 0 Å². The van der Waals surface area contributed by atoms with Crippen LogP contribution in [0.1, 0.15) is 38.8 Å². The Morgan fingerprint density at radius 2 is 2.16 bits per heavy atom. The molecule has 3 N–H and O–H groups in total. The third-order valence-electron chi connectivity index (χ3n) is 4.68. The normalized spacial score (nSPS) is 21.5. The van der Waals surface area contributed by atoms with Gasteiger partial charge < -0.3 is 0 Å². The fourth-order valence-electron chi connectivity index (χ4n) is 3.16. The highest BCUT2D eigenvalue weighted by Gasteiger charge is 2.39. The third-order valence-corrected chi connectivity index (χ3v) is 4.68. The van der Waals surface area contributed by atoms with E-state index in [1.165, 1.54) is 25.9 Å². The van der Waals surface area contributed by atoms with E-state index in [4.69, 9.17) is 5.84 Å². The second kappa shape index (κ2) is 6.03. The lowest BCUT2D eigenvalue weighted by atomic mass is 9.85. The zero-order valence-corrected chi connectivity index (χ0v) is 12.4. The molecule has 1 saturated heterocycles. The molecule has 0 amide bonds. The highest BCUT2D eigenvalue weighted by Crippen LogP contribution is 2.29. The van der Waals surface area contributed by atoms with Gasteiger partial charge in [-0.05, 0) is 45.3 Å². The number of aromatic nitrogens is 2. The standard InChI is InChI=1S/C14H27N5/c1-4-14(2,19-8-5-6-9-19)13(16-15)11-12-7-10-18(3)17-12/h7,10,13,16H,4-6,8-9,11,15H2,1-3H3. The lowest BCUT2D eigenvalue weighted by Gasteiger charge is -2.44. The second-order valence-electron chi connectivity index (χ2n) is 5.81. The van der Waals surface area contributed by atoms with Crippen LogP contribution in [-0.4, -0.2) is 39.4 Å². The highest BCUT2D eigenvalue weighted by atomic mass is 15.3. The Bertz CT molecular complexity index is 396. The summed E-state index contributed by atoms with van der Waals surface area (Å²) in [5.74, 6) is 5.85. The molecule has 1 fully saturated rings. The molecular weight excluding hydrogens is 238 g/mol. The number of rotatable bonds is 6. The number of nitrogens with zero attached hydrogens (tertiary/aromatic N) is 3. The molecule has 5 heteroatoms. The molecule has 108 valence electrons. The third kappa shape index (κ3) is 2.99. The summed E-state index contributed by atoms with van der Waals surface area (Å²) in [7, 11) is 1.95. The molecule has 0 bridgehead atoms. The first kappa shape index (κ1) is 14.5. The van der Waals surface area contributed by atoms with E-state index in [9.17, 15) is 0 Å². The first-order valence-corrected chi connectivity index (χ1v) is 7.30. The van der Waals surface area contributed by atoms with Gasteiger partial charge >= 0.3 is 0 Å². The lowest BCUT2D eigenvalue weighted by molar-refractivity contribution is 0.0836. The number of nitrogens with two attached hydrogens (primary N) is 1. The van der Waals surface area contributed by atoms with E-state index in [-0.39, 0.29) is 11.6 Å². The molecule has 2 rings (SSSR count). The van der Waals surface area contributed by atoms with Gasteiger partial charge in [0.1, 0.15) is 0 Å². The fraction of sp³-hybridized carbons (Fsp3) is 0.786. The predicted molar refractivity (Wildman–Crippen MR) is 77.5 cm³/mol. The largest absolute Gasteiger partial charge is 0.296 e. The first-order chi connectivity index (χ1) is 9.10. The Hall–Kier alpha value is -0.910. The maximum atomic E-state index is 5.85. The Morgan fingerprint density at radius 3 is 2.63 bits per heavy atom. The average Bonchev–Trinajstić information content (AvgIpc) is 3.06. The van der Waals surface area contributed by atoms with Crippen LogP contribution in [0.4, 0.5) is 0 Å². The summed E-state index contributed by atoms with van der Waals surface area (Å²) in [6.07, 6.45) is 6.56. The molecule has 1 aliphatic heterocycles. The molecule has 0 aromatic carbocycles. The summed E-state index contributed by atoms with van der Waals surface area (Å²) in [4.78, 5) is 2.58. The van der Waals surface area contributed by atoms with Gasteiger partial charge in [0.15, 0.2) is 0 Å². The van der Waals surface area contributed by atoms with Gasteiger partial charge in [-0.2, -0.15) is 5.10 Å². The van der Waals surface area contributed by atoms with Gasteiger partial charge in [-0.1, -0.05) is 6.92 Å².